The zero-order valence-corrected chi connectivity index (χ0v) is 15.1. The Hall–Kier alpha value is -1.40. The maximum absolute atomic E-state index is 12.7. The number of piperazine rings is 2. The van der Waals surface area contributed by atoms with Crippen LogP contribution in [0, 0.1) is 11.8 Å². The van der Waals surface area contributed by atoms with Crippen LogP contribution in [-0.2, 0) is 9.59 Å². The molecule has 134 valence electrons. The first-order valence-electron chi connectivity index (χ1n) is 9.50. The fourth-order valence-electron chi connectivity index (χ4n) is 4.10. The van der Waals surface area contributed by atoms with Gasteiger partial charge in [0.1, 0.15) is 0 Å². The lowest BCUT2D eigenvalue weighted by atomic mass is 10.2. The van der Waals surface area contributed by atoms with Gasteiger partial charge in [-0.05, 0) is 13.8 Å². The summed E-state index contributed by atoms with van der Waals surface area (Å²) in [7, 11) is 0. The van der Waals surface area contributed by atoms with Crippen LogP contribution in [-0.4, -0.2) is 87.1 Å². The number of amides is 2. The number of likely N-dealkylation sites (N-methyl/N-ethyl adjacent to an activating group) is 2. The topological polar surface area (TPSA) is 49.5 Å². The second-order valence-electron chi connectivity index (χ2n) is 7.39. The largest absolute Gasteiger partial charge is 0.332 e. The van der Waals surface area contributed by atoms with Crippen molar-refractivity contribution in [3.63, 3.8) is 0 Å². The summed E-state index contributed by atoms with van der Waals surface area (Å²) in [6.45, 7) is 17.9. The number of carbonyl (C=O) groups is 2. The molecular formula is C18H32N4O2+2. The van der Waals surface area contributed by atoms with Crippen LogP contribution in [0.4, 0.5) is 0 Å². The van der Waals surface area contributed by atoms with E-state index >= 15 is 0 Å². The van der Waals surface area contributed by atoms with Crippen LogP contribution in [0.3, 0.4) is 0 Å². The summed E-state index contributed by atoms with van der Waals surface area (Å²) >= 11 is 0. The van der Waals surface area contributed by atoms with E-state index in [1.807, 2.05) is 9.80 Å². The second-order valence-corrected chi connectivity index (χ2v) is 7.39. The first kappa shape index (κ1) is 17.4. The molecule has 0 radical (unpaired) electrons. The molecule has 0 aromatic carbocycles. The average molecular weight is 336 g/mol. The van der Waals surface area contributed by atoms with E-state index in [0.29, 0.717) is 0 Å². The molecule has 0 aromatic rings. The zero-order chi connectivity index (χ0) is 17.3. The highest BCUT2D eigenvalue weighted by Crippen LogP contribution is 2.46. The summed E-state index contributed by atoms with van der Waals surface area (Å²) in [5.41, 5.74) is 0.834. The van der Waals surface area contributed by atoms with Gasteiger partial charge in [-0.25, -0.2) is 0 Å². The first-order chi connectivity index (χ1) is 11.6. The SMILES string of the molecule is C=C1[C@H](C(=O)N2CC[NH+](CC)CC2)[C@@H]1C(=O)N1CC[NH+](CC)CC1. The van der Waals surface area contributed by atoms with Crippen molar-refractivity contribution in [3.8, 4) is 0 Å². The molecule has 1 aliphatic carbocycles. The maximum Gasteiger partial charge on any atom is 0.231 e. The molecule has 6 heteroatoms. The fourth-order valence-corrected chi connectivity index (χ4v) is 4.10. The minimum absolute atomic E-state index is 0.131. The lowest BCUT2D eigenvalue weighted by Crippen LogP contribution is -3.14. The molecule has 3 aliphatic rings. The molecule has 3 fully saturated rings. The summed E-state index contributed by atoms with van der Waals surface area (Å²) in [4.78, 5) is 32.5. The van der Waals surface area contributed by atoms with Gasteiger partial charge in [0.2, 0.25) is 11.8 Å². The molecule has 0 unspecified atom stereocenters. The number of carbonyl (C=O) groups excluding carboxylic acids is 2. The standard InChI is InChI=1S/C18H30N4O2/c1-4-19-6-10-21(11-7-19)17(23)15-14(3)16(15)18(24)22-12-8-20(5-2)9-13-22/h15-16H,3-13H2,1-2H3/p+2/t15-,16+. The van der Waals surface area contributed by atoms with Crippen LogP contribution in [0.15, 0.2) is 12.2 Å². The molecule has 2 N–H and O–H groups in total. The van der Waals surface area contributed by atoms with E-state index < -0.39 is 0 Å². The minimum Gasteiger partial charge on any atom is -0.332 e. The van der Waals surface area contributed by atoms with Gasteiger partial charge in [0.05, 0.1) is 77.3 Å². The number of rotatable bonds is 4. The highest BCUT2D eigenvalue weighted by Gasteiger charge is 2.55. The van der Waals surface area contributed by atoms with E-state index in [2.05, 4.69) is 20.4 Å². The van der Waals surface area contributed by atoms with Crippen molar-refractivity contribution in [1.29, 1.82) is 0 Å². The van der Waals surface area contributed by atoms with Gasteiger partial charge in [0.25, 0.3) is 0 Å². The Morgan fingerprint density at radius 3 is 1.50 bits per heavy atom. The molecule has 2 heterocycles. The minimum atomic E-state index is -0.253. The zero-order valence-electron chi connectivity index (χ0n) is 15.1. The van der Waals surface area contributed by atoms with Gasteiger partial charge in [-0.3, -0.25) is 9.59 Å². The first-order valence-corrected chi connectivity index (χ1v) is 9.50. The van der Waals surface area contributed by atoms with E-state index in [0.717, 1.165) is 71.0 Å². The fraction of sp³-hybridized carbons (Fsp3) is 0.778. The van der Waals surface area contributed by atoms with Crippen LogP contribution in [0.2, 0.25) is 0 Å². The summed E-state index contributed by atoms with van der Waals surface area (Å²) in [6.07, 6.45) is 0. The molecule has 2 saturated heterocycles. The Kier molecular flexibility index (Phi) is 5.25. The van der Waals surface area contributed by atoms with Crippen LogP contribution >= 0.6 is 0 Å². The van der Waals surface area contributed by atoms with Gasteiger partial charge in [-0.15, -0.1) is 0 Å². The van der Waals surface area contributed by atoms with Gasteiger partial charge >= 0.3 is 0 Å². The normalized spacial score (nSPS) is 29.0. The number of nitrogens with zero attached hydrogens (tertiary/aromatic N) is 2. The Morgan fingerprint density at radius 2 is 1.21 bits per heavy atom. The molecule has 2 amide bonds. The Balaban J connectivity index is 1.53. The number of hydrogen-bond acceptors (Lipinski definition) is 2. The third-order valence-corrected chi connectivity index (χ3v) is 6.12. The highest BCUT2D eigenvalue weighted by atomic mass is 16.2. The lowest BCUT2D eigenvalue weighted by molar-refractivity contribution is -0.902. The van der Waals surface area contributed by atoms with E-state index in [1.54, 1.807) is 9.80 Å². The molecular weight excluding hydrogens is 304 g/mol. The van der Waals surface area contributed by atoms with Crippen molar-refractivity contribution in [3.05, 3.63) is 12.2 Å². The summed E-state index contributed by atoms with van der Waals surface area (Å²) < 4.78 is 0. The predicted octanol–water partition coefficient (Wildman–Crippen LogP) is -2.72. The van der Waals surface area contributed by atoms with Crippen molar-refractivity contribution in [2.75, 3.05) is 65.4 Å². The van der Waals surface area contributed by atoms with Crippen LogP contribution < -0.4 is 9.80 Å². The molecule has 24 heavy (non-hydrogen) atoms. The summed E-state index contributed by atoms with van der Waals surface area (Å²) in [6, 6.07) is 0. The molecule has 0 aromatic heterocycles. The predicted molar refractivity (Wildman–Crippen MR) is 91.8 cm³/mol. The van der Waals surface area contributed by atoms with Crippen molar-refractivity contribution >= 4 is 11.8 Å². The van der Waals surface area contributed by atoms with Gasteiger partial charge in [0.15, 0.2) is 0 Å². The molecule has 0 spiro atoms. The van der Waals surface area contributed by atoms with Crippen LogP contribution in [0.25, 0.3) is 0 Å². The van der Waals surface area contributed by atoms with Crippen LogP contribution in [0.5, 0.6) is 0 Å². The second kappa shape index (κ2) is 7.23. The van der Waals surface area contributed by atoms with Crippen molar-refractivity contribution in [2.45, 2.75) is 13.8 Å². The molecule has 1 saturated carbocycles. The number of nitrogens with one attached hydrogen (secondary N) is 2. The Bertz CT molecular complexity index is 461. The Labute approximate surface area is 145 Å². The summed E-state index contributed by atoms with van der Waals surface area (Å²) in [5.74, 6) is -0.243. The van der Waals surface area contributed by atoms with Gasteiger partial charge in [-0.2, -0.15) is 0 Å². The van der Waals surface area contributed by atoms with Crippen LogP contribution in [0.1, 0.15) is 13.8 Å². The number of quaternary nitrogens is 2. The van der Waals surface area contributed by atoms with E-state index in [-0.39, 0.29) is 23.7 Å². The monoisotopic (exact) mass is 336 g/mol. The van der Waals surface area contributed by atoms with Crippen molar-refractivity contribution in [2.24, 2.45) is 11.8 Å². The summed E-state index contributed by atoms with van der Waals surface area (Å²) in [5, 5.41) is 0. The Morgan fingerprint density at radius 1 is 0.875 bits per heavy atom. The van der Waals surface area contributed by atoms with E-state index in [9.17, 15) is 9.59 Å². The molecule has 3 rings (SSSR count). The van der Waals surface area contributed by atoms with Gasteiger partial charge < -0.3 is 19.6 Å². The molecule has 0 bridgehead atoms. The lowest BCUT2D eigenvalue weighted by Gasteiger charge is -2.32. The molecule has 6 nitrogen and oxygen atoms in total. The van der Waals surface area contributed by atoms with E-state index in [1.165, 1.54) is 0 Å². The third-order valence-electron chi connectivity index (χ3n) is 6.12. The van der Waals surface area contributed by atoms with Gasteiger partial charge in [-0.1, -0.05) is 12.2 Å². The number of hydrogen-bond donors (Lipinski definition) is 2. The van der Waals surface area contributed by atoms with Crippen molar-refractivity contribution in [1.82, 2.24) is 9.80 Å². The third kappa shape index (κ3) is 3.35. The average Bonchev–Trinajstić information content (AvgIpc) is 3.31. The van der Waals surface area contributed by atoms with E-state index in [4.69, 9.17) is 0 Å². The molecule has 2 atom stereocenters. The quantitative estimate of drug-likeness (QED) is 0.548. The highest BCUT2D eigenvalue weighted by molar-refractivity contribution is 5.99. The van der Waals surface area contributed by atoms with Gasteiger partial charge in [0, 0.05) is 0 Å². The van der Waals surface area contributed by atoms with Crippen molar-refractivity contribution < 1.29 is 19.4 Å². The smallest absolute Gasteiger partial charge is 0.231 e. The molecule has 2 aliphatic heterocycles. The maximum atomic E-state index is 12.7.